The summed E-state index contributed by atoms with van der Waals surface area (Å²) in [6.07, 6.45) is 0.545. The number of ether oxygens (including phenoxy) is 4. The van der Waals surface area contributed by atoms with Gasteiger partial charge in [-0.1, -0.05) is 13.8 Å². The fourth-order valence-corrected chi connectivity index (χ4v) is 1.58. The zero-order valence-electron chi connectivity index (χ0n) is 14.6. The van der Waals surface area contributed by atoms with Crippen LogP contribution in [0.4, 0.5) is 0 Å². The maximum Gasteiger partial charge on any atom is 0.220 e. The Kier molecular flexibility index (Phi) is 15.2. The van der Waals surface area contributed by atoms with E-state index in [-0.39, 0.29) is 19.7 Å². The molecule has 0 unspecified atom stereocenters. The van der Waals surface area contributed by atoms with Crippen molar-refractivity contribution in [2.24, 2.45) is 5.92 Å². The summed E-state index contributed by atoms with van der Waals surface area (Å²) in [5.41, 5.74) is 0. The van der Waals surface area contributed by atoms with Crippen LogP contribution < -0.4 is 5.32 Å². The smallest absolute Gasteiger partial charge is 0.220 e. The summed E-state index contributed by atoms with van der Waals surface area (Å²) in [6.45, 7) is 9.44. The van der Waals surface area contributed by atoms with Crippen molar-refractivity contribution in [3.8, 4) is 0 Å². The van der Waals surface area contributed by atoms with Crippen molar-refractivity contribution in [1.82, 2.24) is 5.32 Å². The van der Waals surface area contributed by atoms with E-state index in [1.807, 2.05) is 13.8 Å². The molecule has 0 aromatic heterocycles. The molecule has 0 fully saturated rings. The average Bonchev–Trinajstić information content (AvgIpc) is 2.46. The molecule has 138 valence electrons. The number of hydrogen-bond donors (Lipinski definition) is 1. The highest BCUT2D eigenvalue weighted by molar-refractivity contribution is 5.76. The van der Waals surface area contributed by atoms with E-state index in [9.17, 15) is 9.59 Å². The van der Waals surface area contributed by atoms with Crippen LogP contribution in [0.3, 0.4) is 0 Å². The van der Waals surface area contributed by atoms with Gasteiger partial charge in [0.25, 0.3) is 0 Å². The minimum absolute atomic E-state index is 0. The van der Waals surface area contributed by atoms with Gasteiger partial charge in [-0.15, -0.1) is 0 Å². The maximum atomic E-state index is 11.4. The molecule has 0 aromatic carbocycles. The van der Waals surface area contributed by atoms with Crippen molar-refractivity contribution < 1.29 is 30.0 Å². The molecule has 7 nitrogen and oxygen atoms in total. The summed E-state index contributed by atoms with van der Waals surface area (Å²) in [5, 5.41) is 2.80. The van der Waals surface area contributed by atoms with Gasteiger partial charge < -0.3 is 24.3 Å². The number of ketones is 1. The molecule has 0 saturated heterocycles. The molecule has 1 amide bonds. The summed E-state index contributed by atoms with van der Waals surface area (Å²) >= 11 is 0. The van der Waals surface area contributed by atoms with E-state index < -0.39 is 0 Å². The lowest BCUT2D eigenvalue weighted by atomic mass is 10.1. The van der Waals surface area contributed by atoms with Crippen LogP contribution in [0, 0.1) is 5.92 Å². The number of rotatable bonds is 16. The number of hydrogen-bond acceptors (Lipinski definition) is 6. The van der Waals surface area contributed by atoms with E-state index in [1.165, 1.54) is 6.92 Å². The Labute approximate surface area is 140 Å². The standard InChI is InChI=1S/C16H31NO6.H2/c1-14(2)12-16(19)17-4-5-20-6-7-21-8-9-22-10-11-23-13-15(3)18;/h14H,4-13H2,1-3H3,(H,17,19);1H. The van der Waals surface area contributed by atoms with Gasteiger partial charge in [0.1, 0.15) is 6.61 Å². The Bertz CT molecular complexity index is 315. The zero-order chi connectivity index (χ0) is 17.3. The molecule has 0 aromatic rings. The molecule has 7 heteroatoms. The first-order chi connectivity index (χ1) is 11.0. The summed E-state index contributed by atoms with van der Waals surface area (Å²) in [5.74, 6) is 0.435. The first-order valence-corrected chi connectivity index (χ1v) is 8.09. The number of amides is 1. The Morgan fingerprint density at radius 2 is 1.35 bits per heavy atom. The molecule has 0 heterocycles. The molecule has 1 N–H and O–H groups in total. The Morgan fingerprint density at radius 1 is 0.870 bits per heavy atom. The monoisotopic (exact) mass is 335 g/mol. The Morgan fingerprint density at radius 3 is 1.83 bits per heavy atom. The lowest BCUT2D eigenvalue weighted by Crippen LogP contribution is -2.28. The molecule has 0 aliphatic rings. The SMILES string of the molecule is CC(=O)COCCOCCOCCOCCNC(=O)CC(C)C.[HH]. The highest BCUT2D eigenvalue weighted by atomic mass is 16.6. The van der Waals surface area contributed by atoms with Gasteiger partial charge in [0, 0.05) is 14.4 Å². The molecule has 0 aliphatic heterocycles. The third-order valence-corrected chi connectivity index (χ3v) is 2.58. The molecule has 0 radical (unpaired) electrons. The number of carbonyl (C=O) groups is 2. The predicted octanol–water partition coefficient (Wildman–Crippen LogP) is 1.05. The molecular formula is C16H33NO6. The Balaban J connectivity index is 0. The van der Waals surface area contributed by atoms with Crippen molar-refractivity contribution in [2.45, 2.75) is 27.2 Å². The molecule has 0 atom stereocenters. The molecule has 0 aliphatic carbocycles. The van der Waals surface area contributed by atoms with Gasteiger partial charge >= 0.3 is 0 Å². The second-order valence-corrected chi connectivity index (χ2v) is 5.54. The van der Waals surface area contributed by atoms with E-state index in [0.717, 1.165) is 0 Å². The average molecular weight is 335 g/mol. The molecule has 0 rings (SSSR count). The lowest BCUT2D eigenvalue weighted by Gasteiger charge is -2.08. The third kappa shape index (κ3) is 18.9. The fourth-order valence-electron chi connectivity index (χ4n) is 1.58. The van der Waals surface area contributed by atoms with Gasteiger partial charge in [-0.3, -0.25) is 9.59 Å². The van der Waals surface area contributed by atoms with Gasteiger partial charge in [-0.25, -0.2) is 0 Å². The van der Waals surface area contributed by atoms with Crippen LogP contribution in [-0.4, -0.2) is 71.1 Å². The minimum Gasteiger partial charge on any atom is -0.377 e. The van der Waals surface area contributed by atoms with Crippen LogP contribution in [0.15, 0.2) is 0 Å². The van der Waals surface area contributed by atoms with Crippen LogP contribution in [0.2, 0.25) is 0 Å². The molecular weight excluding hydrogens is 302 g/mol. The van der Waals surface area contributed by atoms with E-state index in [1.54, 1.807) is 0 Å². The van der Waals surface area contributed by atoms with Gasteiger partial charge in [0.15, 0.2) is 5.78 Å². The summed E-state index contributed by atoms with van der Waals surface area (Å²) in [7, 11) is 0. The molecule has 23 heavy (non-hydrogen) atoms. The second kappa shape index (κ2) is 15.9. The van der Waals surface area contributed by atoms with Crippen molar-refractivity contribution in [3.63, 3.8) is 0 Å². The predicted molar refractivity (Wildman–Crippen MR) is 88.5 cm³/mol. The first kappa shape index (κ1) is 22.0. The maximum absolute atomic E-state index is 11.4. The van der Waals surface area contributed by atoms with Crippen LogP contribution in [0.25, 0.3) is 0 Å². The second-order valence-electron chi connectivity index (χ2n) is 5.54. The number of Topliss-reactive ketones (excluding diaryl/α,β-unsaturated/α-hetero) is 1. The van der Waals surface area contributed by atoms with Crippen LogP contribution in [-0.2, 0) is 28.5 Å². The quantitative estimate of drug-likeness (QED) is 0.425. The first-order valence-electron chi connectivity index (χ1n) is 8.09. The summed E-state index contributed by atoms with van der Waals surface area (Å²) in [6, 6.07) is 0. The van der Waals surface area contributed by atoms with Crippen molar-refractivity contribution in [2.75, 3.05) is 59.4 Å². The molecule has 0 spiro atoms. The van der Waals surface area contributed by atoms with E-state index in [2.05, 4.69) is 5.32 Å². The van der Waals surface area contributed by atoms with Gasteiger partial charge in [0.05, 0.1) is 46.2 Å². The van der Waals surface area contributed by atoms with Gasteiger partial charge in [-0.2, -0.15) is 0 Å². The van der Waals surface area contributed by atoms with Gasteiger partial charge in [-0.05, 0) is 12.8 Å². The fraction of sp³-hybridized carbons (Fsp3) is 0.875. The highest BCUT2D eigenvalue weighted by Gasteiger charge is 2.03. The number of carbonyl (C=O) groups excluding carboxylic acids is 2. The van der Waals surface area contributed by atoms with Crippen LogP contribution >= 0.6 is 0 Å². The summed E-state index contributed by atoms with van der Waals surface area (Å²) in [4.78, 5) is 22.0. The van der Waals surface area contributed by atoms with Crippen molar-refractivity contribution in [3.05, 3.63) is 0 Å². The zero-order valence-corrected chi connectivity index (χ0v) is 14.6. The lowest BCUT2D eigenvalue weighted by molar-refractivity contribution is -0.122. The van der Waals surface area contributed by atoms with Gasteiger partial charge in [0.2, 0.25) is 5.91 Å². The van der Waals surface area contributed by atoms with E-state index >= 15 is 0 Å². The minimum atomic E-state index is 0. The highest BCUT2D eigenvalue weighted by Crippen LogP contribution is 1.97. The molecule has 0 saturated carbocycles. The van der Waals surface area contributed by atoms with E-state index in [0.29, 0.717) is 65.1 Å². The molecule has 0 bridgehead atoms. The Hall–Kier alpha value is -1.02. The van der Waals surface area contributed by atoms with Crippen LogP contribution in [0.5, 0.6) is 0 Å². The topological polar surface area (TPSA) is 83.1 Å². The van der Waals surface area contributed by atoms with Crippen molar-refractivity contribution >= 4 is 11.7 Å². The summed E-state index contributed by atoms with van der Waals surface area (Å²) < 4.78 is 21.0. The van der Waals surface area contributed by atoms with E-state index in [4.69, 9.17) is 18.9 Å². The van der Waals surface area contributed by atoms with Crippen LogP contribution in [0.1, 0.15) is 28.6 Å². The largest absolute Gasteiger partial charge is 0.377 e. The number of nitrogens with one attached hydrogen (secondary N) is 1. The normalized spacial score (nSPS) is 11.0. The van der Waals surface area contributed by atoms with Crippen molar-refractivity contribution in [1.29, 1.82) is 0 Å². The third-order valence-electron chi connectivity index (χ3n) is 2.58.